The lowest BCUT2D eigenvalue weighted by molar-refractivity contribution is -0.122. The molecule has 4 aliphatic rings. The minimum atomic E-state index is -0.491. The van der Waals surface area contributed by atoms with Crippen molar-refractivity contribution in [2.24, 2.45) is 17.8 Å². The molecular formula is C22H27N3O4. The number of fused-ring (bicyclic) bond motifs is 2. The number of ether oxygens (including phenoxy) is 1. The summed E-state index contributed by atoms with van der Waals surface area (Å²) < 4.78 is 13.1. The molecule has 3 saturated heterocycles. The van der Waals surface area contributed by atoms with Gasteiger partial charge in [0.15, 0.2) is 5.58 Å². The number of nitrogens with one attached hydrogen (secondary N) is 1. The van der Waals surface area contributed by atoms with E-state index in [0.29, 0.717) is 29.5 Å². The molecule has 1 amide bonds. The number of carbonyl (C=O) groups is 1. The number of rotatable bonds is 6. The Morgan fingerprint density at radius 1 is 1.24 bits per heavy atom. The van der Waals surface area contributed by atoms with Gasteiger partial charge in [-0.3, -0.25) is 14.3 Å². The van der Waals surface area contributed by atoms with Gasteiger partial charge in [-0.05, 0) is 43.7 Å². The van der Waals surface area contributed by atoms with Crippen molar-refractivity contribution in [2.45, 2.75) is 43.9 Å². The molecule has 2 aromatic rings. The zero-order valence-corrected chi connectivity index (χ0v) is 16.5. The second kappa shape index (κ2) is 6.44. The van der Waals surface area contributed by atoms with E-state index in [9.17, 15) is 9.59 Å². The lowest BCUT2D eigenvalue weighted by atomic mass is 9.73. The Balaban J connectivity index is 1.12. The van der Waals surface area contributed by atoms with Gasteiger partial charge in [-0.2, -0.15) is 0 Å². The summed E-state index contributed by atoms with van der Waals surface area (Å²) in [6, 6.07) is 7.19. The number of hydrogen-bond acceptors (Lipinski definition) is 5. The van der Waals surface area contributed by atoms with E-state index in [0.717, 1.165) is 31.8 Å². The summed E-state index contributed by atoms with van der Waals surface area (Å²) in [7, 11) is 0. The molecule has 29 heavy (non-hydrogen) atoms. The number of hydrogen-bond donors (Lipinski definition) is 1. The number of oxazole rings is 1. The van der Waals surface area contributed by atoms with Crippen LogP contribution in [0.5, 0.6) is 0 Å². The van der Waals surface area contributed by atoms with Gasteiger partial charge in [-0.1, -0.05) is 12.1 Å². The average molecular weight is 397 g/mol. The summed E-state index contributed by atoms with van der Waals surface area (Å²) in [6.45, 7) is 3.97. The van der Waals surface area contributed by atoms with E-state index in [2.05, 4.69) is 10.2 Å². The van der Waals surface area contributed by atoms with Crippen LogP contribution in [0.25, 0.3) is 11.1 Å². The molecular weight excluding hydrogens is 370 g/mol. The summed E-state index contributed by atoms with van der Waals surface area (Å²) in [5.74, 6) is 1.13. The summed E-state index contributed by atoms with van der Waals surface area (Å²) in [5.41, 5.74) is 1.18. The molecule has 7 heteroatoms. The normalized spacial score (nSPS) is 33.4. The first kappa shape index (κ1) is 17.7. The molecule has 4 atom stereocenters. The third-order valence-corrected chi connectivity index (χ3v) is 7.48. The molecule has 3 aliphatic heterocycles. The van der Waals surface area contributed by atoms with Gasteiger partial charge in [0.1, 0.15) is 6.54 Å². The number of carbonyl (C=O) groups excluding carboxylic acids is 1. The predicted molar refractivity (Wildman–Crippen MR) is 106 cm³/mol. The molecule has 154 valence electrons. The Hall–Kier alpha value is -2.12. The highest BCUT2D eigenvalue weighted by atomic mass is 16.5. The maximum absolute atomic E-state index is 12.6. The molecule has 7 nitrogen and oxygen atoms in total. The molecule has 1 saturated carbocycles. The van der Waals surface area contributed by atoms with E-state index in [4.69, 9.17) is 9.15 Å². The molecule has 1 aromatic heterocycles. The van der Waals surface area contributed by atoms with Crippen molar-refractivity contribution in [1.29, 1.82) is 0 Å². The van der Waals surface area contributed by atoms with Crippen molar-refractivity contribution in [1.82, 2.24) is 14.8 Å². The Kier molecular flexibility index (Phi) is 3.93. The third kappa shape index (κ3) is 2.94. The zero-order valence-electron chi connectivity index (χ0n) is 16.5. The fourth-order valence-electron chi connectivity index (χ4n) is 5.96. The van der Waals surface area contributed by atoms with Crippen LogP contribution < -0.4 is 11.1 Å². The lowest BCUT2D eigenvalue weighted by Gasteiger charge is -2.29. The molecule has 1 aliphatic carbocycles. The quantitative estimate of drug-likeness (QED) is 0.801. The highest BCUT2D eigenvalue weighted by molar-refractivity contribution is 5.79. The van der Waals surface area contributed by atoms with Crippen molar-refractivity contribution in [3.8, 4) is 0 Å². The highest BCUT2D eigenvalue weighted by Crippen LogP contribution is 2.55. The standard InChI is InChI=1S/C22H27N3O4/c26-20(12-25-17-3-1-2-4-19(17)28-21(25)27)23-9-15-16-11-24(10-14-5-6-14)13-22(16)8-7-18(15)29-22/h1-4,14-16,18H,5-13H2,(H,23,26)/t15-,16+,18+,22+/m0/s1. The maximum Gasteiger partial charge on any atom is 0.420 e. The maximum atomic E-state index is 12.6. The molecule has 2 bridgehead atoms. The molecule has 1 N–H and O–H groups in total. The molecule has 1 aromatic carbocycles. The fraction of sp³-hybridized carbons (Fsp3) is 0.636. The molecule has 4 heterocycles. The van der Waals surface area contributed by atoms with Crippen LogP contribution in [0.4, 0.5) is 0 Å². The predicted octanol–water partition coefficient (Wildman–Crippen LogP) is 1.60. The first-order valence-corrected chi connectivity index (χ1v) is 10.9. The van der Waals surface area contributed by atoms with Crippen LogP contribution in [0, 0.1) is 17.8 Å². The highest BCUT2D eigenvalue weighted by Gasteiger charge is 2.62. The Bertz CT molecular complexity index is 1010. The van der Waals surface area contributed by atoms with Crippen LogP contribution >= 0.6 is 0 Å². The van der Waals surface area contributed by atoms with E-state index in [-0.39, 0.29) is 24.2 Å². The van der Waals surface area contributed by atoms with Gasteiger partial charge in [-0.25, -0.2) is 4.79 Å². The fourth-order valence-corrected chi connectivity index (χ4v) is 5.96. The van der Waals surface area contributed by atoms with Crippen LogP contribution in [0.1, 0.15) is 25.7 Å². The lowest BCUT2D eigenvalue weighted by Crippen LogP contribution is -2.42. The van der Waals surface area contributed by atoms with Crippen LogP contribution in [0.3, 0.4) is 0 Å². The summed E-state index contributed by atoms with van der Waals surface area (Å²) in [5, 5.41) is 3.08. The zero-order chi connectivity index (χ0) is 19.6. The topological polar surface area (TPSA) is 76.7 Å². The minimum Gasteiger partial charge on any atom is -0.408 e. The number of likely N-dealkylation sites (tertiary alicyclic amines) is 1. The number of amides is 1. The van der Waals surface area contributed by atoms with E-state index in [1.807, 2.05) is 12.1 Å². The van der Waals surface area contributed by atoms with Crippen LogP contribution in [0.15, 0.2) is 33.5 Å². The molecule has 6 rings (SSSR count). The molecule has 4 fully saturated rings. The van der Waals surface area contributed by atoms with Crippen molar-refractivity contribution < 1.29 is 13.9 Å². The van der Waals surface area contributed by atoms with E-state index in [1.54, 1.807) is 12.1 Å². The first-order valence-electron chi connectivity index (χ1n) is 10.9. The van der Waals surface area contributed by atoms with Gasteiger partial charge in [0.2, 0.25) is 5.91 Å². The first-order chi connectivity index (χ1) is 14.1. The Labute approximate surface area is 169 Å². The van der Waals surface area contributed by atoms with Gasteiger partial charge in [0, 0.05) is 38.0 Å². The van der Waals surface area contributed by atoms with E-state index in [1.165, 1.54) is 24.0 Å². The summed E-state index contributed by atoms with van der Waals surface area (Å²) >= 11 is 0. The van der Waals surface area contributed by atoms with Crippen molar-refractivity contribution in [3.63, 3.8) is 0 Å². The van der Waals surface area contributed by atoms with Crippen molar-refractivity contribution in [2.75, 3.05) is 26.2 Å². The largest absolute Gasteiger partial charge is 0.420 e. The summed E-state index contributed by atoms with van der Waals surface area (Å²) in [6.07, 6.45) is 5.27. The second-order valence-electron chi connectivity index (χ2n) is 9.39. The molecule has 1 spiro atoms. The van der Waals surface area contributed by atoms with Gasteiger partial charge < -0.3 is 14.5 Å². The van der Waals surface area contributed by atoms with Crippen molar-refractivity contribution in [3.05, 3.63) is 34.8 Å². The van der Waals surface area contributed by atoms with Gasteiger partial charge in [0.05, 0.1) is 17.2 Å². The number of nitrogens with zero attached hydrogens (tertiary/aromatic N) is 2. The summed E-state index contributed by atoms with van der Waals surface area (Å²) in [4.78, 5) is 27.3. The SMILES string of the molecule is O=C(Cn1c(=O)oc2ccccc21)NC[C@H]1[C@H]2CN(CC3CC3)C[C@]23CC[C@H]1O3. The average Bonchev–Trinajstić information content (AvgIpc) is 3.06. The number of aromatic nitrogens is 1. The molecule has 0 radical (unpaired) electrons. The smallest absolute Gasteiger partial charge is 0.408 e. The Morgan fingerprint density at radius 3 is 2.97 bits per heavy atom. The van der Waals surface area contributed by atoms with Crippen LogP contribution in [-0.4, -0.2) is 53.3 Å². The Morgan fingerprint density at radius 2 is 2.10 bits per heavy atom. The van der Waals surface area contributed by atoms with E-state index >= 15 is 0 Å². The minimum absolute atomic E-state index is 0.0162. The third-order valence-electron chi connectivity index (χ3n) is 7.48. The van der Waals surface area contributed by atoms with Gasteiger partial charge in [-0.15, -0.1) is 0 Å². The monoisotopic (exact) mass is 397 g/mol. The van der Waals surface area contributed by atoms with Crippen molar-refractivity contribution >= 4 is 17.0 Å². The van der Waals surface area contributed by atoms with Gasteiger partial charge in [0.25, 0.3) is 0 Å². The number of para-hydroxylation sites is 2. The molecule has 0 unspecified atom stereocenters. The second-order valence-corrected chi connectivity index (χ2v) is 9.39. The van der Waals surface area contributed by atoms with Crippen LogP contribution in [-0.2, 0) is 16.1 Å². The number of benzene rings is 1. The van der Waals surface area contributed by atoms with E-state index < -0.39 is 5.76 Å². The van der Waals surface area contributed by atoms with Gasteiger partial charge >= 0.3 is 5.76 Å². The van der Waals surface area contributed by atoms with Crippen LogP contribution in [0.2, 0.25) is 0 Å².